The van der Waals surface area contributed by atoms with Crippen LogP contribution >= 0.6 is 0 Å². The minimum absolute atomic E-state index is 0.0968. The van der Waals surface area contributed by atoms with Crippen LogP contribution in [-0.4, -0.2) is 16.2 Å². The summed E-state index contributed by atoms with van der Waals surface area (Å²) >= 11 is 0. The number of halogens is 2. The highest BCUT2D eigenvalue weighted by Gasteiger charge is 2.15. The van der Waals surface area contributed by atoms with Crippen molar-refractivity contribution in [2.75, 3.05) is 6.61 Å². The lowest BCUT2D eigenvalue weighted by Crippen LogP contribution is -2.24. The van der Waals surface area contributed by atoms with E-state index >= 15 is 0 Å². The lowest BCUT2D eigenvalue weighted by molar-refractivity contribution is 0.122. The third kappa shape index (κ3) is 1.69. The zero-order valence-electron chi connectivity index (χ0n) is 9.45. The molecular weight excluding hydrogens is 242 g/mol. The molecule has 0 radical (unpaired) electrons. The maximum Gasteiger partial charge on any atom is 0.261 e. The molecule has 0 saturated heterocycles. The van der Waals surface area contributed by atoms with E-state index in [0.717, 1.165) is 12.1 Å². The molecule has 0 bridgehead atoms. The number of nitrogens with zero attached hydrogens (tertiary/aromatic N) is 2. The third-order valence-corrected chi connectivity index (χ3v) is 2.98. The molecule has 2 aromatic rings. The normalized spacial score (nSPS) is 15.4. The Bertz CT molecular complexity index is 682. The van der Waals surface area contributed by atoms with Crippen LogP contribution in [0.5, 0.6) is 0 Å². The van der Waals surface area contributed by atoms with Crippen molar-refractivity contribution in [2.45, 2.75) is 19.6 Å². The predicted molar refractivity (Wildman–Crippen MR) is 60.2 cm³/mol. The SMILES string of the molecule is O=c1c2cc(F)c(F)cc2nc2n1CCCOC2. The van der Waals surface area contributed by atoms with Crippen molar-refractivity contribution < 1.29 is 13.5 Å². The van der Waals surface area contributed by atoms with Gasteiger partial charge in [0.25, 0.3) is 5.56 Å². The first-order chi connectivity index (χ1) is 8.66. The minimum atomic E-state index is -1.04. The molecule has 0 N–H and O–H groups in total. The molecule has 3 rings (SSSR count). The second kappa shape index (κ2) is 4.13. The van der Waals surface area contributed by atoms with Crippen molar-refractivity contribution >= 4 is 10.9 Å². The molecule has 94 valence electrons. The van der Waals surface area contributed by atoms with Crippen molar-refractivity contribution in [2.24, 2.45) is 0 Å². The van der Waals surface area contributed by atoms with Gasteiger partial charge in [-0.3, -0.25) is 9.36 Å². The van der Waals surface area contributed by atoms with E-state index in [1.165, 1.54) is 4.57 Å². The van der Waals surface area contributed by atoms with E-state index in [2.05, 4.69) is 4.98 Å². The number of ether oxygens (including phenoxy) is 1. The smallest absolute Gasteiger partial charge is 0.261 e. The van der Waals surface area contributed by atoms with E-state index in [-0.39, 0.29) is 23.1 Å². The summed E-state index contributed by atoms with van der Waals surface area (Å²) in [7, 11) is 0. The number of hydrogen-bond donors (Lipinski definition) is 0. The molecule has 0 atom stereocenters. The average Bonchev–Trinajstić information content (AvgIpc) is 2.58. The lowest BCUT2D eigenvalue weighted by Gasteiger charge is -2.09. The molecule has 2 heterocycles. The predicted octanol–water partition coefficient (Wildman–Crippen LogP) is 1.60. The van der Waals surface area contributed by atoms with Gasteiger partial charge in [0.1, 0.15) is 12.4 Å². The van der Waals surface area contributed by atoms with Gasteiger partial charge in [0.2, 0.25) is 0 Å². The molecule has 18 heavy (non-hydrogen) atoms. The van der Waals surface area contributed by atoms with Crippen molar-refractivity contribution in [1.82, 2.24) is 9.55 Å². The third-order valence-electron chi connectivity index (χ3n) is 2.98. The monoisotopic (exact) mass is 252 g/mol. The van der Waals surface area contributed by atoms with E-state index in [1.807, 2.05) is 0 Å². The fraction of sp³-hybridized carbons (Fsp3) is 0.333. The lowest BCUT2D eigenvalue weighted by atomic mass is 10.2. The summed E-state index contributed by atoms with van der Waals surface area (Å²) in [5.74, 6) is -1.59. The Morgan fingerprint density at radius 2 is 2.06 bits per heavy atom. The minimum Gasteiger partial charge on any atom is -0.373 e. The number of hydrogen-bond acceptors (Lipinski definition) is 3. The van der Waals surface area contributed by atoms with Crippen LogP contribution in [-0.2, 0) is 17.9 Å². The zero-order valence-corrected chi connectivity index (χ0v) is 9.45. The molecule has 0 spiro atoms. The Morgan fingerprint density at radius 1 is 1.28 bits per heavy atom. The maximum absolute atomic E-state index is 13.2. The van der Waals surface area contributed by atoms with E-state index in [9.17, 15) is 13.6 Å². The zero-order chi connectivity index (χ0) is 12.7. The molecule has 1 aromatic heterocycles. The second-order valence-electron chi connectivity index (χ2n) is 4.17. The Labute approximate surface area is 101 Å². The summed E-state index contributed by atoms with van der Waals surface area (Å²) < 4.78 is 33.1. The van der Waals surface area contributed by atoms with Gasteiger partial charge in [-0.1, -0.05) is 0 Å². The van der Waals surface area contributed by atoms with Crippen molar-refractivity contribution in [3.63, 3.8) is 0 Å². The molecule has 0 saturated carbocycles. The highest BCUT2D eigenvalue weighted by Crippen LogP contribution is 2.15. The Morgan fingerprint density at radius 3 is 2.89 bits per heavy atom. The molecule has 0 fully saturated rings. The van der Waals surface area contributed by atoms with Crippen LogP contribution in [0.25, 0.3) is 10.9 Å². The van der Waals surface area contributed by atoms with Gasteiger partial charge in [-0.05, 0) is 12.5 Å². The van der Waals surface area contributed by atoms with Crippen LogP contribution in [0, 0.1) is 11.6 Å². The topological polar surface area (TPSA) is 44.1 Å². The molecular formula is C12H10F2N2O2. The largest absolute Gasteiger partial charge is 0.373 e. The van der Waals surface area contributed by atoms with Crippen molar-refractivity contribution in [3.05, 3.63) is 39.9 Å². The van der Waals surface area contributed by atoms with E-state index in [4.69, 9.17) is 4.74 Å². The summed E-state index contributed by atoms with van der Waals surface area (Å²) in [6.07, 6.45) is 0.698. The Balaban J connectivity index is 2.35. The molecule has 1 aliphatic heterocycles. The number of fused-ring (bicyclic) bond motifs is 2. The van der Waals surface area contributed by atoms with E-state index in [0.29, 0.717) is 25.4 Å². The first-order valence-electron chi connectivity index (χ1n) is 5.63. The van der Waals surface area contributed by atoms with Crippen LogP contribution in [0.4, 0.5) is 8.78 Å². The van der Waals surface area contributed by atoms with Gasteiger partial charge in [-0.15, -0.1) is 0 Å². The van der Waals surface area contributed by atoms with Gasteiger partial charge in [0, 0.05) is 19.2 Å². The molecule has 0 amide bonds. The van der Waals surface area contributed by atoms with Crippen LogP contribution in [0.15, 0.2) is 16.9 Å². The van der Waals surface area contributed by atoms with Gasteiger partial charge in [0.05, 0.1) is 10.9 Å². The van der Waals surface area contributed by atoms with Gasteiger partial charge < -0.3 is 4.74 Å². The number of rotatable bonds is 0. The number of aromatic nitrogens is 2. The van der Waals surface area contributed by atoms with Crippen LogP contribution in [0.2, 0.25) is 0 Å². The Kier molecular flexibility index (Phi) is 2.59. The van der Waals surface area contributed by atoms with Crippen molar-refractivity contribution in [3.8, 4) is 0 Å². The standard InChI is InChI=1S/C12H10F2N2O2/c13-8-4-7-10(5-9(8)14)15-11-6-18-3-1-2-16(11)12(7)17/h4-5H,1-3,6H2. The van der Waals surface area contributed by atoms with Crippen LogP contribution in [0.3, 0.4) is 0 Å². The fourth-order valence-electron chi connectivity index (χ4n) is 2.09. The van der Waals surface area contributed by atoms with E-state index in [1.54, 1.807) is 0 Å². The Hall–Kier alpha value is -1.82. The average molecular weight is 252 g/mol. The molecule has 6 heteroatoms. The van der Waals surface area contributed by atoms with Crippen LogP contribution in [0.1, 0.15) is 12.2 Å². The second-order valence-corrected chi connectivity index (χ2v) is 4.17. The van der Waals surface area contributed by atoms with E-state index < -0.39 is 11.6 Å². The highest BCUT2D eigenvalue weighted by molar-refractivity contribution is 5.77. The molecule has 0 unspecified atom stereocenters. The molecule has 4 nitrogen and oxygen atoms in total. The molecule has 1 aliphatic rings. The summed E-state index contributed by atoms with van der Waals surface area (Å²) in [6.45, 7) is 1.24. The quantitative estimate of drug-likeness (QED) is 0.715. The van der Waals surface area contributed by atoms with Crippen LogP contribution < -0.4 is 5.56 Å². The van der Waals surface area contributed by atoms with Gasteiger partial charge >= 0.3 is 0 Å². The fourth-order valence-corrected chi connectivity index (χ4v) is 2.09. The first-order valence-corrected chi connectivity index (χ1v) is 5.63. The summed E-state index contributed by atoms with van der Waals surface area (Å²) in [5.41, 5.74) is -0.185. The highest BCUT2D eigenvalue weighted by atomic mass is 19.2. The van der Waals surface area contributed by atoms with Gasteiger partial charge in [0.15, 0.2) is 11.6 Å². The van der Waals surface area contributed by atoms with Gasteiger partial charge in [-0.2, -0.15) is 0 Å². The van der Waals surface area contributed by atoms with Gasteiger partial charge in [-0.25, -0.2) is 13.8 Å². The van der Waals surface area contributed by atoms with Crippen molar-refractivity contribution in [1.29, 1.82) is 0 Å². The summed E-state index contributed by atoms with van der Waals surface area (Å²) in [6, 6.07) is 1.84. The summed E-state index contributed by atoms with van der Waals surface area (Å²) in [5, 5.41) is 0.0968. The molecule has 1 aromatic carbocycles. The maximum atomic E-state index is 13.2. The molecule has 0 aliphatic carbocycles. The number of benzene rings is 1. The summed E-state index contributed by atoms with van der Waals surface area (Å²) in [4.78, 5) is 16.3. The first kappa shape index (κ1) is 11.3.